The van der Waals surface area contributed by atoms with Crippen LogP contribution in [0.3, 0.4) is 0 Å². The van der Waals surface area contributed by atoms with E-state index < -0.39 is 10.1 Å². The molecule has 35 heavy (non-hydrogen) atoms. The quantitative estimate of drug-likeness (QED) is 0.191. The molecule has 0 aliphatic rings. The van der Waals surface area contributed by atoms with Gasteiger partial charge in [0.15, 0.2) is 11.5 Å². The van der Waals surface area contributed by atoms with Crippen molar-refractivity contribution < 1.29 is 26.8 Å². The summed E-state index contributed by atoms with van der Waals surface area (Å²) in [4.78, 5) is 0.130. The molecule has 0 spiro atoms. The molecular formula is C28H28O6S. The Morgan fingerprint density at radius 2 is 1.26 bits per heavy atom. The Kier molecular flexibility index (Phi) is 8.36. The van der Waals surface area contributed by atoms with Crippen molar-refractivity contribution in [1.29, 1.82) is 0 Å². The first-order valence-corrected chi connectivity index (χ1v) is 12.8. The number of aryl methyl sites for hydroxylation is 1. The van der Waals surface area contributed by atoms with Crippen molar-refractivity contribution in [2.75, 3.05) is 26.4 Å². The molecule has 0 saturated heterocycles. The summed E-state index contributed by atoms with van der Waals surface area (Å²) in [6.07, 6.45) is 0. The van der Waals surface area contributed by atoms with E-state index in [0.29, 0.717) is 18.1 Å². The van der Waals surface area contributed by atoms with Gasteiger partial charge in [0.25, 0.3) is 10.1 Å². The molecule has 4 aromatic rings. The molecule has 4 aromatic carbocycles. The van der Waals surface area contributed by atoms with E-state index in [2.05, 4.69) is 0 Å². The summed E-state index contributed by atoms with van der Waals surface area (Å²) in [6, 6.07) is 28.4. The van der Waals surface area contributed by atoms with Crippen LogP contribution in [0.1, 0.15) is 11.1 Å². The number of fused-ring (bicyclic) bond motifs is 1. The third-order valence-corrected chi connectivity index (χ3v) is 6.64. The lowest BCUT2D eigenvalue weighted by Gasteiger charge is -2.14. The second-order valence-corrected chi connectivity index (χ2v) is 9.59. The van der Waals surface area contributed by atoms with Crippen LogP contribution in [0.2, 0.25) is 0 Å². The van der Waals surface area contributed by atoms with Crippen molar-refractivity contribution in [1.82, 2.24) is 0 Å². The van der Waals surface area contributed by atoms with Gasteiger partial charge in [0.2, 0.25) is 0 Å². The highest BCUT2D eigenvalue weighted by atomic mass is 32.2. The second kappa shape index (κ2) is 11.8. The fraction of sp³-hybridized carbons (Fsp3) is 0.214. The zero-order chi connectivity index (χ0) is 24.5. The molecule has 0 fully saturated rings. The Labute approximate surface area is 206 Å². The summed E-state index contributed by atoms with van der Waals surface area (Å²) in [7, 11) is -3.80. The highest BCUT2D eigenvalue weighted by Gasteiger charge is 2.14. The molecular weight excluding hydrogens is 464 g/mol. The predicted molar refractivity (Wildman–Crippen MR) is 135 cm³/mol. The zero-order valence-electron chi connectivity index (χ0n) is 19.6. The topological polar surface area (TPSA) is 71.1 Å². The van der Waals surface area contributed by atoms with Crippen LogP contribution < -0.4 is 9.47 Å². The first-order chi connectivity index (χ1) is 17.0. The van der Waals surface area contributed by atoms with Crippen LogP contribution in [0.15, 0.2) is 95.9 Å². The highest BCUT2D eigenvalue weighted by molar-refractivity contribution is 7.86. The van der Waals surface area contributed by atoms with Gasteiger partial charge < -0.3 is 14.2 Å². The molecule has 0 unspecified atom stereocenters. The molecule has 0 aliphatic heterocycles. The molecule has 0 aromatic heterocycles. The number of hydrogen-bond acceptors (Lipinski definition) is 6. The lowest BCUT2D eigenvalue weighted by Crippen LogP contribution is -2.14. The van der Waals surface area contributed by atoms with Crippen molar-refractivity contribution >= 4 is 20.9 Å². The highest BCUT2D eigenvalue weighted by Crippen LogP contribution is 2.33. The van der Waals surface area contributed by atoms with E-state index in [1.807, 2.05) is 73.7 Å². The lowest BCUT2D eigenvalue weighted by atomic mass is 10.1. The third kappa shape index (κ3) is 7.05. The summed E-state index contributed by atoms with van der Waals surface area (Å²) in [5.41, 5.74) is 2.04. The van der Waals surface area contributed by atoms with Gasteiger partial charge in [0.1, 0.15) is 13.2 Å². The van der Waals surface area contributed by atoms with Crippen molar-refractivity contribution in [3.05, 3.63) is 102 Å². The Morgan fingerprint density at radius 1 is 0.657 bits per heavy atom. The molecule has 0 heterocycles. The molecule has 4 rings (SSSR count). The van der Waals surface area contributed by atoms with Gasteiger partial charge in [-0.2, -0.15) is 8.42 Å². The summed E-state index contributed by atoms with van der Waals surface area (Å²) in [5, 5.41) is 2.11. The van der Waals surface area contributed by atoms with E-state index in [1.54, 1.807) is 12.1 Å². The van der Waals surface area contributed by atoms with Crippen LogP contribution in [0, 0.1) is 6.92 Å². The Bertz CT molecular complexity index is 1340. The maximum atomic E-state index is 12.2. The van der Waals surface area contributed by atoms with E-state index in [0.717, 1.165) is 21.9 Å². The molecule has 7 heteroatoms. The fourth-order valence-electron chi connectivity index (χ4n) is 3.45. The molecule has 0 radical (unpaired) electrons. The van der Waals surface area contributed by atoms with Crippen molar-refractivity contribution in [3.63, 3.8) is 0 Å². The normalized spacial score (nSPS) is 11.5. The second-order valence-electron chi connectivity index (χ2n) is 7.97. The van der Waals surface area contributed by atoms with E-state index >= 15 is 0 Å². The van der Waals surface area contributed by atoms with E-state index in [1.165, 1.54) is 12.1 Å². The van der Waals surface area contributed by atoms with E-state index in [9.17, 15) is 8.42 Å². The molecule has 0 amide bonds. The number of rotatable bonds is 12. The van der Waals surface area contributed by atoms with Crippen LogP contribution in [0.5, 0.6) is 11.5 Å². The Balaban J connectivity index is 1.27. The van der Waals surface area contributed by atoms with Crippen LogP contribution >= 0.6 is 0 Å². The van der Waals surface area contributed by atoms with E-state index in [4.69, 9.17) is 18.4 Å². The molecule has 0 N–H and O–H groups in total. The standard InChI is InChI=1S/C28H28O6S/c1-22-11-13-26(14-12-22)35(29,30)34-18-16-31-15-17-32-27-19-24-9-5-6-10-25(24)20-28(27)33-21-23-7-3-2-4-8-23/h2-14,19-20H,15-18,21H2,1H3. The molecule has 0 atom stereocenters. The number of hydrogen-bond donors (Lipinski definition) is 0. The minimum absolute atomic E-state index is 0.0718. The van der Waals surface area contributed by atoms with Crippen molar-refractivity contribution in [3.8, 4) is 11.5 Å². The van der Waals surface area contributed by atoms with Gasteiger partial charge in [0.05, 0.1) is 24.7 Å². The molecule has 182 valence electrons. The first-order valence-electron chi connectivity index (χ1n) is 11.4. The largest absolute Gasteiger partial charge is 0.487 e. The van der Waals surface area contributed by atoms with Crippen LogP contribution in [0.4, 0.5) is 0 Å². The average molecular weight is 493 g/mol. The van der Waals surface area contributed by atoms with Crippen LogP contribution in [-0.2, 0) is 25.6 Å². The average Bonchev–Trinajstić information content (AvgIpc) is 2.87. The van der Waals surface area contributed by atoms with Gasteiger partial charge in [0, 0.05) is 0 Å². The number of benzene rings is 4. The van der Waals surface area contributed by atoms with Gasteiger partial charge >= 0.3 is 0 Å². The smallest absolute Gasteiger partial charge is 0.297 e. The molecule has 0 saturated carbocycles. The van der Waals surface area contributed by atoms with Gasteiger partial charge in [-0.3, -0.25) is 4.18 Å². The summed E-state index contributed by atoms with van der Waals surface area (Å²) in [6.45, 7) is 2.94. The van der Waals surface area contributed by atoms with Gasteiger partial charge in [-0.25, -0.2) is 0 Å². The minimum atomic E-state index is -3.80. The Morgan fingerprint density at radius 3 is 1.94 bits per heavy atom. The lowest BCUT2D eigenvalue weighted by molar-refractivity contribution is 0.0769. The SMILES string of the molecule is Cc1ccc(S(=O)(=O)OCCOCCOc2cc3ccccc3cc2OCc2ccccc2)cc1. The van der Waals surface area contributed by atoms with Crippen molar-refractivity contribution in [2.24, 2.45) is 0 Å². The van der Waals surface area contributed by atoms with Gasteiger partial charge in [-0.15, -0.1) is 0 Å². The summed E-state index contributed by atoms with van der Waals surface area (Å²) < 4.78 is 47.0. The van der Waals surface area contributed by atoms with Crippen LogP contribution in [-0.4, -0.2) is 34.8 Å². The molecule has 6 nitrogen and oxygen atoms in total. The zero-order valence-corrected chi connectivity index (χ0v) is 20.4. The van der Waals surface area contributed by atoms with E-state index in [-0.39, 0.29) is 31.3 Å². The number of ether oxygens (including phenoxy) is 3. The third-order valence-electron chi connectivity index (χ3n) is 5.31. The fourth-order valence-corrected chi connectivity index (χ4v) is 4.34. The summed E-state index contributed by atoms with van der Waals surface area (Å²) >= 11 is 0. The molecule has 0 aliphatic carbocycles. The van der Waals surface area contributed by atoms with Gasteiger partial charge in [-0.05, 0) is 47.5 Å². The maximum absolute atomic E-state index is 12.2. The Hall–Kier alpha value is -3.39. The molecule has 0 bridgehead atoms. The van der Waals surface area contributed by atoms with Gasteiger partial charge in [-0.1, -0.05) is 72.3 Å². The first kappa shape index (κ1) is 24.7. The maximum Gasteiger partial charge on any atom is 0.297 e. The van der Waals surface area contributed by atoms with Crippen molar-refractivity contribution in [2.45, 2.75) is 18.4 Å². The summed E-state index contributed by atoms with van der Waals surface area (Å²) in [5.74, 6) is 1.28. The predicted octanol–water partition coefficient (Wildman–Crippen LogP) is 5.53. The minimum Gasteiger partial charge on any atom is -0.487 e. The van der Waals surface area contributed by atoms with Crippen LogP contribution in [0.25, 0.3) is 10.8 Å². The monoisotopic (exact) mass is 492 g/mol.